The summed E-state index contributed by atoms with van der Waals surface area (Å²) in [6.07, 6.45) is 9.17. The van der Waals surface area contributed by atoms with E-state index < -0.39 is 0 Å². The molecule has 104 valence electrons. The zero-order valence-corrected chi connectivity index (χ0v) is 11.8. The predicted molar refractivity (Wildman–Crippen MR) is 73.5 cm³/mol. The molecule has 0 radical (unpaired) electrons. The van der Waals surface area contributed by atoms with Crippen LogP contribution in [0, 0.1) is 24.7 Å². The van der Waals surface area contributed by atoms with Gasteiger partial charge < -0.3 is 5.32 Å². The van der Waals surface area contributed by atoms with E-state index in [1.807, 2.05) is 13.1 Å². The van der Waals surface area contributed by atoms with Crippen molar-refractivity contribution in [1.29, 1.82) is 0 Å². The van der Waals surface area contributed by atoms with Crippen LogP contribution in [0.5, 0.6) is 0 Å². The Labute approximate surface area is 114 Å². The van der Waals surface area contributed by atoms with Gasteiger partial charge in [-0.1, -0.05) is 6.42 Å². The van der Waals surface area contributed by atoms with Crippen LogP contribution >= 0.6 is 0 Å². The summed E-state index contributed by atoms with van der Waals surface area (Å²) in [5, 5.41) is 7.32. The zero-order chi connectivity index (χ0) is 13.4. The van der Waals surface area contributed by atoms with Gasteiger partial charge in [0.1, 0.15) is 6.54 Å². The highest BCUT2D eigenvalue weighted by molar-refractivity contribution is 5.75. The summed E-state index contributed by atoms with van der Waals surface area (Å²) in [5.74, 6) is 2.57. The van der Waals surface area contributed by atoms with E-state index in [0.29, 0.717) is 18.5 Å². The predicted octanol–water partition coefficient (Wildman–Crippen LogP) is 2.13. The van der Waals surface area contributed by atoms with Crippen molar-refractivity contribution >= 4 is 5.91 Å². The lowest BCUT2D eigenvalue weighted by atomic mass is 9.84. The first-order valence-corrected chi connectivity index (χ1v) is 7.40. The second-order valence-electron chi connectivity index (χ2n) is 6.41. The van der Waals surface area contributed by atoms with Gasteiger partial charge in [-0.2, -0.15) is 5.10 Å². The second kappa shape index (κ2) is 4.99. The van der Waals surface area contributed by atoms with E-state index in [1.54, 1.807) is 10.9 Å². The number of nitrogens with zero attached hydrogens (tertiary/aromatic N) is 2. The van der Waals surface area contributed by atoms with Crippen molar-refractivity contribution in [2.45, 2.75) is 52.1 Å². The highest BCUT2D eigenvalue weighted by Crippen LogP contribution is 2.49. The van der Waals surface area contributed by atoms with Gasteiger partial charge in [0.05, 0.1) is 6.20 Å². The molecule has 3 rings (SSSR count). The smallest absolute Gasteiger partial charge is 0.241 e. The molecule has 0 aliphatic heterocycles. The minimum absolute atomic E-state index is 0.0818. The summed E-state index contributed by atoms with van der Waals surface area (Å²) in [5.41, 5.74) is 1.09. The summed E-state index contributed by atoms with van der Waals surface area (Å²) in [6, 6.07) is 0.305. The average molecular weight is 261 g/mol. The lowest BCUT2D eigenvalue weighted by molar-refractivity contribution is -0.122. The number of rotatable bonds is 4. The van der Waals surface area contributed by atoms with Crippen molar-refractivity contribution in [1.82, 2.24) is 15.1 Å². The largest absolute Gasteiger partial charge is 0.352 e. The third kappa shape index (κ3) is 2.67. The van der Waals surface area contributed by atoms with Gasteiger partial charge in [0.2, 0.25) is 5.91 Å². The Kier molecular flexibility index (Phi) is 3.33. The summed E-state index contributed by atoms with van der Waals surface area (Å²) >= 11 is 0. The molecule has 4 heteroatoms. The number of nitrogens with one attached hydrogen (secondary N) is 1. The van der Waals surface area contributed by atoms with Crippen LogP contribution in [0.15, 0.2) is 12.4 Å². The molecule has 1 N–H and O–H groups in total. The molecule has 4 nitrogen and oxygen atoms in total. The van der Waals surface area contributed by atoms with Crippen LogP contribution in [0.1, 0.15) is 38.2 Å². The first-order valence-electron chi connectivity index (χ1n) is 7.40. The average Bonchev–Trinajstić information content (AvgIpc) is 3.05. The van der Waals surface area contributed by atoms with E-state index >= 15 is 0 Å². The van der Waals surface area contributed by atoms with Gasteiger partial charge in [0, 0.05) is 12.2 Å². The minimum Gasteiger partial charge on any atom is -0.352 e. The fourth-order valence-corrected chi connectivity index (χ4v) is 4.01. The van der Waals surface area contributed by atoms with E-state index in [9.17, 15) is 4.79 Å². The first-order chi connectivity index (χ1) is 9.11. The maximum atomic E-state index is 12.0. The SMILES string of the molecule is Cc1cnn(CC(=O)N[C@H](C)[C@H]2C[C@@H]3CC[C@@H]2C3)c1. The topological polar surface area (TPSA) is 46.9 Å². The first kappa shape index (κ1) is 12.7. The highest BCUT2D eigenvalue weighted by atomic mass is 16.2. The molecule has 0 saturated heterocycles. The quantitative estimate of drug-likeness (QED) is 0.902. The maximum Gasteiger partial charge on any atom is 0.241 e. The summed E-state index contributed by atoms with van der Waals surface area (Å²) in [7, 11) is 0. The van der Waals surface area contributed by atoms with Gasteiger partial charge >= 0.3 is 0 Å². The maximum absolute atomic E-state index is 12.0. The van der Waals surface area contributed by atoms with Crippen molar-refractivity contribution in [3.8, 4) is 0 Å². The number of aromatic nitrogens is 2. The Balaban J connectivity index is 1.52. The summed E-state index contributed by atoms with van der Waals surface area (Å²) < 4.78 is 1.71. The Morgan fingerprint density at radius 3 is 2.95 bits per heavy atom. The molecular weight excluding hydrogens is 238 g/mol. The van der Waals surface area contributed by atoms with E-state index in [1.165, 1.54) is 25.7 Å². The number of fused-ring (bicyclic) bond motifs is 2. The summed E-state index contributed by atoms with van der Waals surface area (Å²) in [6.45, 7) is 4.48. The van der Waals surface area contributed by atoms with Gasteiger partial charge in [-0.15, -0.1) is 0 Å². The van der Waals surface area contributed by atoms with Gasteiger partial charge in [0.15, 0.2) is 0 Å². The van der Waals surface area contributed by atoms with Crippen LogP contribution in [0.3, 0.4) is 0 Å². The second-order valence-corrected chi connectivity index (χ2v) is 6.41. The van der Waals surface area contributed by atoms with Gasteiger partial charge in [-0.25, -0.2) is 0 Å². The van der Waals surface area contributed by atoms with E-state index in [2.05, 4.69) is 17.3 Å². The molecule has 1 heterocycles. The third-order valence-corrected chi connectivity index (χ3v) is 4.89. The van der Waals surface area contributed by atoms with E-state index in [-0.39, 0.29) is 5.91 Å². The molecule has 1 aromatic heterocycles. The Morgan fingerprint density at radius 2 is 2.37 bits per heavy atom. The fraction of sp³-hybridized carbons (Fsp3) is 0.733. The zero-order valence-electron chi connectivity index (χ0n) is 11.8. The Hall–Kier alpha value is -1.32. The van der Waals surface area contributed by atoms with Crippen LogP contribution in [-0.2, 0) is 11.3 Å². The molecule has 2 bridgehead atoms. The highest BCUT2D eigenvalue weighted by Gasteiger charge is 2.42. The minimum atomic E-state index is 0.0818. The Morgan fingerprint density at radius 1 is 1.53 bits per heavy atom. The van der Waals surface area contributed by atoms with Crippen molar-refractivity contribution in [2.24, 2.45) is 17.8 Å². The number of aryl methyl sites for hydroxylation is 1. The molecule has 4 atom stereocenters. The molecule has 19 heavy (non-hydrogen) atoms. The summed E-state index contributed by atoms with van der Waals surface area (Å²) in [4.78, 5) is 12.0. The molecule has 0 aromatic carbocycles. The third-order valence-electron chi connectivity index (χ3n) is 4.89. The van der Waals surface area contributed by atoms with Crippen molar-refractivity contribution in [3.05, 3.63) is 18.0 Å². The van der Waals surface area contributed by atoms with Gasteiger partial charge in [-0.05, 0) is 56.4 Å². The molecule has 1 aromatic rings. The number of amides is 1. The van der Waals surface area contributed by atoms with Crippen LogP contribution in [0.2, 0.25) is 0 Å². The molecular formula is C15H23N3O. The molecule has 0 spiro atoms. The number of carbonyl (C=O) groups is 1. The number of carbonyl (C=O) groups excluding carboxylic acids is 1. The van der Waals surface area contributed by atoms with E-state index in [0.717, 1.165) is 17.4 Å². The molecule has 2 saturated carbocycles. The standard InChI is InChI=1S/C15H23N3O/c1-10-7-16-18(8-10)9-15(19)17-11(2)14-6-12-3-4-13(14)5-12/h7-8,11-14H,3-6,9H2,1-2H3,(H,17,19)/t11-,12-,13-,14-/m1/s1. The molecule has 1 amide bonds. The van der Waals surface area contributed by atoms with E-state index in [4.69, 9.17) is 0 Å². The van der Waals surface area contributed by atoms with Crippen LogP contribution in [0.4, 0.5) is 0 Å². The molecule has 2 aliphatic rings. The lowest BCUT2D eigenvalue weighted by Gasteiger charge is -2.28. The van der Waals surface area contributed by atoms with Gasteiger partial charge in [-0.3, -0.25) is 9.48 Å². The van der Waals surface area contributed by atoms with Crippen molar-refractivity contribution < 1.29 is 4.79 Å². The Bertz CT molecular complexity index is 468. The van der Waals surface area contributed by atoms with Crippen LogP contribution in [-0.4, -0.2) is 21.7 Å². The van der Waals surface area contributed by atoms with Crippen molar-refractivity contribution in [3.63, 3.8) is 0 Å². The van der Waals surface area contributed by atoms with Crippen LogP contribution < -0.4 is 5.32 Å². The number of hydrogen-bond acceptors (Lipinski definition) is 2. The van der Waals surface area contributed by atoms with Gasteiger partial charge in [0.25, 0.3) is 0 Å². The monoisotopic (exact) mass is 261 g/mol. The molecule has 2 aliphatic carbocycles. The normalized spacial score (nSPS) is 30.5. The fourth-order valence-electron chi connectivity index (χ4n) is 4.01. The molecule has 0 unspecified atom stereocenters. The van der Waals surface area contributed by atoms with Crippen molar-refractivity contribution in [2.75, 3.05) is 0 Å². The number of hydrogen-bond donors (Lipinski definition) is 1. The van der Waals surface area contributed by atoms with Crippen LogP contribution in [0.25, 0.3) is 0 Å². The molecule has 2 fully saturated rings. The lowest BCUT2D eigenvalue weighted by Crippen LogP contribution is -2.41.